The van der Waals surface area contributed by atoms with Crippen LogP contribution in [0, 0.1) is 5.92 Å². The van der Waals surface area contributed by atoms with Crippen LogP contribution in [-0.2, 0) is 19.1 Å². The number of nitrogens with one attached hydrogen (secondary N) is 1. The fourth-order valence-electron chi connectivity index (χ4n) is 4.92. The van der Waals surface area contributed by atoms with Gasteiger partial charge in [0.15, 0.2) is 6.10 Å². The van der Waals surface area contributed by atoms with Crippen LogP contribution in [0.4, 0.5) is 4.79 Å². The highest BCUT2D eigenvalue weighted by Crippen LogP contribution is 2.39. The first-order chi connectivity index (χ1) is 13.8. The van der Waals surface area contributed by atoms with E-state index in [1.165, 1.54) is 18.2 Å². The van der Waals surface area contributed by atoms with E-state index in [1.54, 1.807) is 7.05 Å². The highest BCUT2D eigenvalue weighted by molar-refractivity contribution is 6.08. The van der Waals surface area contributed by atoms with E-state index in [4.69, 9.17) is 4.74 Å². The second-order valence-corrected chi connectivity index (χ2v) is 8.83. The highest BCUT2D eigenvalue weighted by Gasteiger charge is 2.56. The predicted molar refractivity (Wildman–Crippen MR) is 106 cm³/mol. The predicted octanol–water partition coefficient (Wildman–Crippen LogP) is 2.21. The van der Waals surface area contributed by atoms with Crippen molar-refractivity contribution in [1.82, 2.24) is 15.1 Å². The van der Waals surface area contributed by atoms with Gasteiger partial charge in [-0.05, 0) is 38.5 Å². The van der Waals surface area contributed by atoms with Crippen molar-refractivity contribution in [3.05, 3.63) is 0 Å². The van der Waals surface area contributed by atoms with E-state index in [-0.39, 0.29) is 17.9 Å². The molecule has 162 valence electrons. The van der Waals surface area contributed by atoms with Gasteiger partial charge in [0.2, 0.25) is 0 Å². The second kappa shape index (κ2) is 8.71. The third kappa shape index (κ3) is 4.26. The molecular formula is C21H33N3O5. The number of imide groups is 1. The summed E-state index contributed by atoms with van der Waals surface area (Å²) in [6.45, 7) is 3.17. The van der Waals surface area contributed by atoms with Crippen LogP contribution in [0.15, 0.2) is 0 Å². The van der Waals surface area contributed by atoms with Crippen LogP contribution in [0.2, 0.25) is 0 Å². The number of urea groups is 1. The molecule has 0 aromatic carbocycles. The average Bonchev–Trinajstić information content (AvgIpc) is 2.86. The molecule has 2 aliphatic carbocycles. The number of carbonyl (C=O) groups excluding carboxylic acids is 4. The first kappa shape index (κ1) is 21.6. The van der Waals surface area contributed by atoms with E-state index in [0.717, 1.165) is 43.4 Å². The minimum Gasteiger partial charge on any atom is -0.451 e. The van der Waals surface area contributed by atoms with Gasteiger partial charge in [-0.15, -0.1) is 0 Å². The Hall–Kier alpha value is -2.12. The summed E-state index contributed by atoms with van der Waals surface area (Å²) in [4.78, 5) is 52.7. The number of hydrogen-bond acceptors (Lipinski definition) is 5. The lowest BCUT2D eigenvalue weighted by Crippen LogP contribution is -2.49. The lowest BCUT2D eigenvalue weighted by atomic mass is 9.81. The number of ether oxygens (including phenoxy) is 1. The summed E-state index contributed by atoms with van der Waals surface area (Å²) in [6.07, 6.45) is 7.36. The standard InChI is InChI=1S/C21H33N3O5/c1-14-9-5-6-10-16(14)22-18(26)15(2)29-17(25)13-24-19(27)21(23(3)20(24)28)11-7-4-8-12-21/h14-16H,4-13H2,1-3H3,(H,22,26). The third-order valence-electron chi connectivity index (χ3n) is 6.89. The summed E-state index contributed by atoms with van der Waals surface area (Å²) in [5, 5.41) is 2.97. The Morgan fingerprint density at radius 3 is 2.45 bits per heavy atom. The molecule has 29 heavy (non-hydrogen) atoms. The van der Waals surface area contributed by atoms with Crippen LogP contribution < -0.4 is 5.32 Å². The Balaban J connectivity index is 1.55. The van der Waals surface area contributed by atoms with Crippen LogP contribution in [0.25, 0.3) is 0 Å². The molecule has 2 saturated carbocycles. The van der Waals surface area contributed by atoms with Gasteiger partial charge in [0, 0.05) is 13.1 Å². The smallest absolute Gasteiger partial charge is 0.327 e. The maximum Gasteiger partial charge on any atom is 0.327 e. The molecule has 1 N–H and O–H groups in total. The van der Waals surface area contributed by atoms with Crippen LogP contribution in [-0.4, -0.2) is 64.9 Å². The summed E-state index contributed by atoms with van der Waals surface area (Å²) in [7, 11) is 1.62. The third-order valence-corrected chi connectivity index (χ3v) is 6.89. The van der Waals surface area contributed by atoms with E-state index in [1.807, 2.05) is 0 Å². The molecule has 1 spiro atoms. The number of likely N-dealkylation sites (N-methyl/N-ethyl adjacent to an activating group) is 1. The molecular weight excluding hydrogens is 374 g/mol. The average molecular weight is 408 g/mol. The van der Waals surface area contributed by atoms with Crippen molar-refractivity contribution in [3.8, 4) is 0 Å². The molecule has 0 bridgehead atoms. The van der Waals surface area contributed by atoms with Gasteiger partial charge < -0.3 is 15.0 Å². The zero-order chi connectivity index (χ0) is 21.2. The number of carbonyl (C=O) groups is 4. The molecule has 0 aromatic heterocycles. The zero-order valence-corrected chi connectivity index (χ0v) is 17.7. The molecule has 4 amide bonds. The van der Waals surface area contributed by atoms with Crippen LogP contribution in [0.1, 0.15) is 71.6 Å². The van der Waals surface area contributed by atoms with Gasteiger partial charge in [-0.3, -0.25) is 19.3 Å². The zero-order valence-electron chi connectivity index (χ0n) is 17.7. The van der Waals surface area contributed by atoms with Gasteiger partial charge in [0.05, 0.1) is 0 Å². The lowest BCUT2D eigenvalue weighted by Gasteiger charge is -2.35. The Labute approximate surface area is 172 Å². The SMILES string of the molecule is CC(OC(=O)CN1C(=O)N(C)C2(CCCCC2)C1=O)C(=O)NC1CCCCC1C. The van der Waals surface area contributed by atoms with Gasteiger partial charge in [-0.25, -0.2) is 4.79 Å². The first-order valence-corrected chi connectivity index (χ1v) is 10.9. The van der Waals surface area contributed by atoms with E-state index in [9.17, 15) is 19.2 Å². The number of amides is 4. The topological polar surface area (TPSA) is 96.0 Å². The summed E-state index contributed by atoms with van der Waals surface area (Å²) in [5.74, 6) is -1.00. The molecule has 3 fully saturated rings. The summed E-state index contributed by atoms with van der Waals surface area (Å²) in [5.41, 5.74) is -0.824. The van der Waals surface area contributed by atoms with Crippen molar-refractivity contribution in [2.75, 3.05) is 13.6 Å². The van der Waals surface area contributed by atoms with Crippen molar-refractivity contribution in [1.29, 1.82) is 0 Å². The molecule has 3 atom stereocenters. The van der Waals surface area contributed by atoms with Crippen molar-refractivity contribution in [3.63, 3.8) is 0 Å². The van der Waals surface area contributed by atoms with E-state index < -0.39 is 30.2 Å². The molecule has 1 heterocycles. The van der Waals surface area contributed by atoms with Crippen molar-refractivity contribution >= 4 is 23.8 Å². The Morgan fingerprint density at radius 2 is 1.79 bits per heavy atom. The summed E-state index contributed by atoms with van der Waals surface area (Å²) in [6, 6.07) is -0.374. The molecule has 8 heteroatoms. The summed E-state index contributed by atoms with van der Waals surface area (Å²) < 4.78 is 5.24. The van der Waals surface area contributed by atoms with Crippen LogP contribution >= 0.6 is 0 Å². The number of nitrogens with zero attached hydrogens (tertiary/aromatic N) is 2. The molecule has 0 aromatic rings. The van der Waals surface area contributed by atoms with Gasteiger partial charge in [0.1, 0.15) is 12.1 Å². The number of rotatable bonds is 5. The molecule has 1 aliphatic heterocycles. The minimum absolute atomic E-state index is 0.0962. The molecule has 8 nitrogen and oxygen atoms in total. The van der Waals surface area contributed by atoms with Crippen LogP contribution in [0.5, 0.6) is 0 Å². The minimum atomic E-state index is -0.967. The molecule has 0 radical (unpaired) electrons. The molecule has 3 aliphatic rings. The Bertz CT molecular complexity index is 673. The fourth-order valence-corrected chi connectivity index (χ4v) is 4.92. The van der Waals surface area contributed by atoms with Crippen molar-refractivity contribution < 1.29 is 23.9 Å². The quantitative estimate of drug-likeness (QED) is 0.557. The van der Waals surface area contributed by atoms with E-state index in [2.05, 4.69) is 12.2 Å². The molecule has 3 unspecified atom stereocenters. The van der Waals surface area contributed by atoms with Gasteiger partial charge in [0.25, 0.3) is 11.8 Å². The second-order valence-electron chi connectivity index (χ2n) is 8.83. The lowest BCUT2D eigenvalue weighted by molar-refractivity contribution is -0.157. The Kier molecular flexibility index (Phi) is 6.49. The molecule has 3 rings (SSSR count). The largest absolute Gasteiger partial charge is 0.451 e. The normalized spacial score (nSPS) is 27.8. The maximum atomic E-state index is 12.9. The first-order valence-electron chi connectivity index (χ1n) is 10.9. The summed E-state index contributed by atoms with van der Waals surface area (Å²) >= 11 is 0. The van der Waals surface area contributed by atoms with Gasteiger partial charge >= 0.3 is 12.0 Å². The maximum absolute atomic E-state index is 12.9. The van der Waals surface area contributed by atoms with Crippen molar-refractivity contribution in [2.45, 2.75) is 89.3 Å². The van der Waals surface area contributed by atoms with E-state index in [0.29, 0.717) is 18.8 Å². The fraction of sp³-hybridized carbons (Fsp3) is 0.810. The molecule has 1 saturated heterocycles. The van der Waals surface area contributed by atoms with Crippen molar-refractivity contribution in [2.24, 2.45) is 5.92 Å². The van der Waals surface area contributed by atoms with Crippen LogP contribution in [0.3, 0.4) is 0 Å². The van der Waals surface area contributed by atoms with E-state index >= 15 is 0 Å². The monoisotopic (exact) mass is 407 g/mol. The van der Waals surface area contributed by atoms with Gasteiger partial charge in [-0.1, -0.05) is 39.0 Å². The van der Waals surface area contributed by atoms with Gasteiger partial charge in [-0.2, -0.15) is 0 Å². The number of hydrogen-bond donors (Lipinski definition) is 1. The highest BCUT2D eigenvalue weighted by atomic mass is 16.5. The Morgan fingerprint density at radius 1 is 1.14 bits per heavy atom. The number of esters is 1.